The maximum Gasteiger partial charge on any atom is 0.229 e. The molecular weight excluding hydrogens is 202 g/mol. The van der Waals surface area contributed by atoms with Crippen LogP contribution < -0.4 is 5.32 Å². The lowest BCUT2D eigenvalue weighted by Gasteiger charge is -2.06. The molecule has 0 radical (unpaired) electrons. The van der Waals surface area contributed by atoms with Crippen LogP contribution >= 0.6 is 0 Å². The van der Waals surface area contributed by atoms with E-state index in [-0.39, 0.29) is 11.8 Å². The van der Waals surface area contributed by atoms with E-state index >= 15 is 0 Å². The van der Waals surface area contributed by atoms with Gasteiger partial charge >= 0.3 is 0 Å². The van der Waals surface area contributed by atoms with Crippen molar-refractivity contribution < 1.29 is 4.79 Å². The fourth-order valence-corrected chi connectivity index (χ4v) is 1.51. The summed E-state index contributed by atoms with van der Waals surface area (Å²) in [6.45, 7) is 3.72. The number of fused-ring (bicyclic) bond motifs is 1. The van der Waals surface area contributed by atoms with E-state index in [2.05, 4.69) is 10.3 Å². The van der Waals surface area contributed by atoms with E-state index in [4.69, 9.17) is 0 Å². The van der Waals surface area contributed by atoms with Crippen molar-refractivity contribution in [3.05, 3.63) is 24.3 Å². The van der Waals surface area contributed by atoms with Gasteiger partial charge in [-0.05, 0) is 12.1 Å². The van der Waals surface area contributed by atoms with Gasteiger partial charge < -0.3 is 4.57 Å². The van der Waals surface area contributed by atoms with Gasteiger partial charge in [0.25, 0.3) is 0 Å². The summed E-state index contributed by atoms with van der Waals surface area (Å²) in [5.41, 5.74) is 1.91. The zero-order valence-electron chi connectivity index (χ0n) is 9.69. The molecule has 0 saturated heterocycles. The summed E-state index contributed by atoms with van der Waals surface area (Å²) < 4.78 is 1.88. The largest absolute Gasteiger partial charge is 0.313 e. The lowest BCUT2D eigenvalue weighted by Crippen LogP contribution is -2.19. The Hall–Kier alpha value is -1.84. The molecule has 0 aliphatic rings. The van der Waals surface area contributed by atoms with Crippen molar-refractivity contribution in [1.82, 2.24) is 9.55 Å². The SMILES string of the molecule is CC(C)C(=O)Nc1nc2ccccc2n1C. The minimum atomic E-state index is -0.0418. The molecule has 16 heavy (non-hydrogen) atoms. The third-order valence-corrected chi connectivity index (χ3v) is 2.55. The topological polar surface area (TPSA) is 46.9 Å². The van der Waals surface area contributed by atoms with Crippen molar-refractivity contribution >= 4 is 22.9 Å². The highest BCUT2D eigenvalue weighted by molar-refractivity contribution is 5.92. The number of rotatable bonds is 2. The van der Waals surface area contributed by atoms with Crippen molar-refractivity contribution in [2.75, 3.05) is 5.32 Å². The van der Waals surface area contributed by atoms with Gasteiger partial charge in [-0.2, -0.15) is 0 Å². The lowest BCUT2D eigenvalue weighted by atomic mass is 10.2. The van der Waals surface area contributed by atoms with Gasteiger partial charge in [0.1, 0.15) is 0 Å². The Labute approximate surface area is 94.3 Å². The van der Waals surface area contributed by atoms with Gasteiger partial charge in [-0.15, -0.1) is 0 Å². The number of imidazole rings is 1. The second-order valence-corrected chi connectivity index (χ2v) is 4.13. The van der Waals surface area contributed by atoms with Crippen LogP contribution in [-0.4, -0.2) is 15.5 Å². The lowest BCUT2D eigenvalue weighted by molar-refractivity contribution is -0.118. The molecule has 0 aliphatic carbocycles. The van der Waals surface area contributed by atoms with Gasteiger partial charge in [0, 0.05) is 13.0 Å². The predicted molar refractivity (Wildman–Crippen MR) is 64.2 cm³/mol. The molecule has 0 unspecified atom stereocenters. The van der Waals surface area contributed by atoms with Crippen molar-refractivity contribution in [3.63, 3.8) is 0 Å². The third-order valence-electron chi connectivity index (χ3n) is 2.55. The molecule has 2 aromatic rings. The molecule has 1 aromatic carbocycles. The molecule has 0 spiro atoms. The molecular formula is C12H15N3O. The Morgan fingerprint density at radius 3 is 2.69 bits per heavy atom. The smallest absolute Gasteiger partial charge is 0.229 e. The van der Waals surface area contributed by atoms with Crippen LogP contribution in [0.4, 0.5) is 5.95 Å². The van der Waals surface area contributed by atoms with Crippen LogP contribution in [-0.2, 0) is 11.8 Å². The van der Waals surface area contributed by atoms with Gasteiger partial charge in [-0.25, -0.2) is 4.98 Å². The van der Waals surface area contributed by atoms with E-state index in [1.54, 1.807) is 0 Å². The minimum Gasteiger partial charge on any atom is -0.313 e. The maximum absolute atomic E-state index is 11.6. The Morgan fingerprint density at radius 1 is 1.38 bits per heavy atom. The van der Waals surface area contributed by atoms with Crippen LogP contribution in [0.5, 0.6) is 0 Å². The number of aryl methyl sites for hydroxylation is 1. The van der Waals surface area contributed by atoms with E-state index in [0.29, 0.717) is 5.95 Å². The first-order chi connectivity index (χ1) is 7.59. The minimum absolute atomic E-state index is 0.0154. The van der Waals surface area contributed by atoms with Crippen molar-refractivity contribution in [2.24, 2.45) is 13.0 Å². The normalized spacial score (nSPS) is 11.0. The first kappa shape index (κ1) is 10.7. The molecule has 0 aliphatic heterocycles. The maximum atomic E-state index is 11.6. The monoisotopic (exact) mass is 217 g/mol. The number of benzene rings is 1. The van der Waals surface area contributed by atoms with Crippen molar-refractivity contribution in [3.8, 4) is 0 Å². The summed E-state index contributed by atoms with van der Waals surface area (Å²) in [7, 11) is 1.89. The highest BCUT2D eigenvalue weighted by Gasteiger charge is 2.12. The Kier molecular flexibility index (Phi) is 2.64. The van der Waals surface area contributed by atoms with Crippen LogP contribution in [0.1, 0.15) is 13.8 Å². The Balaban J connectivity index is 2.38. The Bertz CT molecular complexity index is 528. The molecule has 84 valence electrons. The molecule has 0 bridgehead atoms. The summed E-state index contributed by atoms with van der Waals surface area (Å²) in [6, 6.07) is 7.80. The van der Waals surface area contributed by atoms with Gasteiger partial charge in [-0.3, -0.25) is 10.1 Å². The average molecular weight is 217 g/mol. The van der Waals surface area contributed by atoms with Crippen LogP contribution in [0.15, 0.2) is 24.3 Å². The molecule has 1 heterocycles. The molecule has 1 aromatic heterocycles. The number of anilines is 1. The zero-order chi connectivity index (χ0) is 11.7. The molecule has 1 N–H and O–H groups in total. The number of nitrogens with one attached hydrogen (secondary N) is 1. The molecule has 2 rings (SSSR count). The number of amides is 1. The van der Waals surface area contributed by atoms with Gasteiger partial charge in [0.05, 0.1) is 11.0 Å². The number of nitrogens with zero attached hydrogens (tertiary/aromatic N) is 2. The van der Waals surface area contributed by atoms with Crippen molar-refractivity contribution in [1.29, 1.82) is 0 Å². The number of hydrogen-bond donors (Lipinski definition) is 1. The van der Waals surface area contributed by atoms with Gasteiger partial charge in [0.15, 0.2) is 0 Å². The molecule has 0 atom stereocenters. The van der Waals surface area contributed by atoms with E-state index in [9.17, 15) is 4.79 Å². The number of para-hydroxylation sites is 2. The van der Waals surface area contributed by atoms with Crippen LogP contribution in [0.3, 0.4) is 0 Å². The van der Waals surface area contributed by atoms with E-state index < -0.39 is 0 Å². The summed E-state index contributed by atoms with van der Waals surface area (Å²) >= 11 is 0. The average Bonchev–Trinajstić information content (AvgIpc) is 2.56. The van der Waals surface area contributed by atoms with Crippen LogP contribution in [0.25, 0.3) is 11.0 Å². The third kappa shape index (κ3) is 1.78. The van der Waals surface area contributed by atoms with Crippen LogP contribution in [0.2, 0.25) is 0 Å². The van der Waals surface area contributed by atoms with Gasteiger partial charge in [0.2, 0.25) is 11.9 Å². The van der Waals surface area contributed by atoms with Crippen molar-refractivity contribution in [2.45, 2.75) is 13.8 Å². The fraction of sp³-hybridized carbons (Fsp3) is 0.333. The number of hydrogen-bond acceptors (Lipinski definition) is 2. The van der Waals surface area contributed by atoms with E-state index in [1.165, 1.54) is 0 Å². The molecule has 0 saturated carbocycles. The highest BCUT2D eigenvalue weighted by Crippen LogP contribution is 2.17. The summed E-state index contributed by atoms with van der Waals surface area (Å²) in [5, 5.41) is 2.81. The second kappa shape index (κ2) is 3.96. The standard InChI is InChI=1S/C12H15N3O/c1-8(2)11(16)14-12-13-9-6-4-5-7-10(9)15(12)3/h4-8H,1-3H3,(H,13,14,16). The molecule has 1 amide bonds. The van der Waals surface area contributed by atoms with Gasteiger partial charge in [-0.1, -0.05) is 26.0 Å². The zero-order valence-corrected chi connectivity index (χ0v) is 9.69. The highest BCUT2D eigenvalue weighted by atomic mass is 16.2. The molecule has 4 nitrogen and oxygen atoms in total. The summed E-state index contributed by atoms with van der Waals surface area (Å²) in [5.74, 6) is 0.540. The quantitative estimate of drug-likeness (QED) is 0.838. The molecule has 4 heteroatoms. The predicted octanol–water partition coefficient (Wildman–Crippen LogP) is 2.17. The summed E-state index contributed by atoms with van der Waals surface area (Å²) in [4.78, 5) is 15.9. The molecule has 0 fully saturated rings. The van der Waals surface area contributed by atoms with E-state index in [0.717, 1.165) is 11.0 Å². The first-order valence-electron chi connectivity index (χ1n) is 5.32. The Morgan fingerprint density at radius 2 is 2.06 bits per heavy atom. The fourth-order valence-electron chi connectivity index (χ4n) is 1.51. The number of carbonyl (C=O) groups excluding carboxylic acids is 1. The second-order valence-electron chi connectivity index (χ2n) is 4.13. The van der Waals surface area contributed by atoms with E-state index in [1.807, 2.05) is 49.7 Å². The van der Waals surface area contributed by atoms with Crippen LogP contribution in [0, 0.1) is 5.92 Å². The number of aromatic nitrogens is 2. The number of carbonyl (C=O) groups is 1. The summed E-state index contributed by atoms with van der Waals surface area (Å²) in [6.07, 6.45) is 0. The first-order valence-corrected chi connectivity index (χ1v) is 5.32.